The van der Waals surface area contributed by atoms with Crippen molar-refractivity contribution in [2.75, 3.05) is 34.9 Å². The van der Waals surface area contributed by atoms with Crippen LogP contribution in [0.2, 0.25) is 0 Å². The summed E-state index contributed by atoms with van der Waals surface area (Å²) in [7, 11) is 6.45. The maximum atomic E-state index is 13.6. The number of fused-ring (bicyclic) bond motifs is 1. The average Bonchev–Trinajstić information content (AvgIpc) is 3.08. The minimum atomic E-state index is -0.853. The maximum Gasteiger partial charge on any atom is 0.310 e. The molecule has 0 N–H and O–H groups in total. The second kappa shape index (κ2) is 6.45. The second-order valence-corrected chi connectivity index (χ2v) is 10.6. The van der Waals surface area contributed by atoms with E-state index in [0.717, 1.165) is 18.5 Å². The number of nitrogens with zero attached hydrogens (tertiary/aromatic N) is 1. The Kier molecular flexibility index (Phi) is 4.16. The highest BCUT2D eigenvalue weighted by atomic mass is 35.5. The Morgan fingerprint density at radius 3 is 2.58 bits per heavy atom. The minimum absolute atomic E-state index is 0.0627. The van der Waals surface area contributed by atoms with E-state index in [0.29, 0.717) is 23.0 Å². The molecule has 1 aromatic carbocycles. The van der Waals surface area contributed by atoms with Crippen LogP contribution in [-0.4, -0.2) is 63.4 Å². The van der Waals surface area contributed by atoms with Crippen molar-refractivity contribution in [1.82, 2.24) is 4.90 Å². The van der Waals surface area contributed by atoms with Crippen molar-refractivity contribution in [2.45, 2.75) is 36.8 Å². The van der Waals surface area contributed by atoms with E-state index in [2.05, 4.69) is 31.0 Å². The number of halogens is 1. The Balaban J connectivity index is 1.77. The molecule has 2 heterocycles. The van der Waals surface area contributed by atoms with Crippen LogP contribution in [0.5, 0.6) is 11.5 Å². The highest BCUT2D eigenvalue weighted by Gasteiger charge is 2.85. The van der Waals surface area contributed by atoms with Gasteiger partial charge in [0.05, 0.1) is 38.6 Å². The predicted octanol–water partition coefficient (Wildman–Crippen LogP) is 2.68. The first kappa shape index (κ1) is 21.3. The second-order valence-electron chi connectivity index (χ2n) is 10.2. The van der Waals surface area contributed by atoms with Gasteiger partial charge in [-0.25, -0.2) is 0 Å². The molecular formula is C25H28ClNO6. The van der Waals surface area contributed by atoms with Gasteiger partial charge in [0.15, 0.2) is 11.5 Å². The number of hydrogen-bond acceptors (Lipinski definition) is 7. The van der Waals surface area contributed by atoms with Crippen LogP contribution in [0, 0.1) is 23.2 Å². The number of piperidine rings is 1. The van der Waals surface area contributed by atoms with Crippen molar-refractivity contribution in [3.63, 3.8) is 0 Å². The van der Waals surface area contributed by atoms with Gasteiger partial charge in [0.1, 0.15) is 5.60 Å². The summed E-state index contributed by atoms with van der Waals surface area (Å²) in [6, 6.07) is 4.00. The minimum Gasteiger partial charge on any atom is -0.493 e. The van der Waals surface area contributed by atoms with Gasteiger partial charge in [-0.2, -0.15) is 0 Å². The Hall–Kier alpha value is -2.25. The lowest BCUT2D eigenvalue weighted by Crippen LogP contribution is -2.82. The number of carbonyl (C=O) groups excluding carboxylic acids is 2. The van der Waals surface area contributed by atoms with E-state index in [9.17, 15) is 9.59 Å². The molecule has 1 saturated heterocycles. The number of hydrogen-bond donors (Lipinski definition) is 0. The van der Waals surface area contributed by atoms with Gasteiger partial charge in [-0.15, -0.1) is 0 Å². The molecule has 0 amide bonds. The lowest BCUT2D eigenvalue weighted by Gasteiger charge is -2.73. The monoisotopic (exact) mass is 473 g/mol. The highest BCUT2D eigenvalue weighted by molar-refractivity contribution is 6.30. The number of benzene rings is 1. The molecule has 2 spiro atoms. The van der Waals surface area contributed by atoms with Crippen LogP contribution in [0.15, 0.2) is 23.2 Å². The van der Waals surface area contributed by atoms with E-state index < -0.39 is 46.1 Å². The van der Waals surface area contributed by atoms with Gasteiger partial charge in [0, 0.05) is 28.0 Å². The van der Waals surface area contributed by atoms with Crippen molar-refractivity contribution in [3.8, 4) is 11.5 Å². The van der Waals surface area contributed by atoms with E-state index in [1.54, 1.807) is 7.11 Å². The number of likely N-dealkylation sites (N-methyl/N-ethyl adjacent to an activating group) is 1. The number of likely N-dealkylation sites (tertiary alicyclic amines) is 1. The average molecular weight is 474 g/mol. The van der Waals surface area contributed by atoms with Gasteiger partial charge in [-0.05, 0) is 45.0 Å². The zero-order valence-corrected chi connectivity index (χ0v) is 20.2. The van der Waals surface area contributed by atoms with Crippen LogP contribution >= 0.6 is 11.6 Å². The molecular weight excluding hydrogens is 446 g/mol. The fraction of sp³-hybridized carbons (Fsp3) is 0.600. The Morgan fingerprint density at radius 2 is 1.91 bits per heavy atom. The van der Waals surface area contributed by atoms with E-state index in [1.165, 1.54) is 19.8 Å². The largest absolute Gasteiger partial charge is 0.493 e. The summed E-state index contributed by atoms with van der Waals surface area (Å²) in [5.74, 6) is -1.60. The number of ether oxygens (including phenoxy) is 4. The summed E-state index contributed by atoms with van der Waals surface area (Å²) < 4.78 is 23.2. The Morgan fingerprint density at radius 1 is 1.18 bits per heavy atom. The number of esters is 2. The molecule has 176 valence electrons. The topological polar surface area (TPSA) is 74.3 Å². The first-order chi connectivity index (χ1) is 15.7. The van der Waals surface area contributed by atoms with Gasteiger partial charge in [0.2, 0.25) is 0 Å². The van der Waals surface area contributed by atoms with Crippen LogP contribution in [0.4, 0.5) is 0 Å². The molecule has 7 atom stereocenters. The Bertz CT molecular complexity index is 1130. The SMILES string of the molecule is COC(=O)[C@@H]1[C@H]2C(Cl)=C[C@@]3([C@H]1C(=O)OC)[C@H]1Cc4ccc(OC)c5c4[C@@]3(CCN1C)[C@@]2(C)O5. The quantitative estimate of drug-likeness (QED) is 0.625. The van der Waals surface area contributed by atoms with Crippen molar-refractivity contribution in [2.24, 2.45) is 23.2 Å². The number of methoxy groups -OCH3 is 3. The molecule has 1 saturated carbocycles. The third-order valence-electron chi connectivity index (χ3n) is 9.52. The van der Waals surface area contributed by atoms with Gasteiger partial charge < -0.3 is 23.8 Å². The standard InChI is InChI=1S/C25H28ClNO6/c1-23-18-13(26)11-24(19(22(29)32-5)16(18)21(28)31-4)15-10-12-6-7-14(30-3)20(33-23)17(12)25(23,24)8-9-27(15)2/h6-7,11,15-16,18-19H,8-10H2,1-5H3/t15-,16-,18-,19-,23+,24+,25+/m1/s1. The van der Waals surface area contributed by atoms with Gasteiger partial charge in [-0.1, -0.05) is 23.7 Å². The highest BCUT2D eigenvalue weighted by Crippen LogP contribution is 2.79. The first-order valence-corrected chi connectivity index (χ1v) is 11.7. The van der Waals surface area contributed by atoms with Crippen molar-refractivity contribution < 1.29 is 28.5 Å². The summed E-state index contributed by atoms with van der Waals surface area (Å²) >= 11 is 7.01. The van der Waals surface area contributed by atoms with Gasteiger partial charge >= 0.3 is 11.9 Å². The molecule has 8 heteroatoms. The smallest absolute Gasteiger partial charge is 0.310 e. The van der Waals surface area contributed by atoms with Crippen LogP contribution in [-0.2, 0) is 30.9 Å². The normalized spacial score (nSPS) is 41.6. The fourth-order valence-electron chi connectivity index (χ4n) is 8.54. The molecule has 0 unspecified atom stereocenters. The summed E-state index contributed by atoms with van der Waals surface area (Å²) in [6.45, 7) is 2.90. The molecule has 1 aromatic rings. The lowest BCUT2D eigenvalue weighted by atomic mass is 9.31. The van der Waals surface area contributed by atoms with Crippen molar-refractivity contribution >= 4 is 23.5 Å². The summed E-state index contributed by atoms with van der Waals surface area (Å²) in [4.78, 5) is 29.2. The molecule has 2 fully saturated rings. The van der Waals surface area contributed by atoms with Crippen LogP contribution in [0.3, 0.4) is 0 Å². The molecule has 0 aromatic heterocycles. The predicted molar refractivity (Wildman–Crippen MR) is 119 cm³/mol. The zero-order valence-electron chi connectivity index (χ0n) is 19.4. The summed E-state index contributed by atoms with van der Waals surface area (Å²) in [5, 5.41) is 0.555. The third-order valence-corrected chi connectivity index (χ3v) is 9.86. The fourth-order valence-corrected chi connectivity index (χ4v) is 9.07. The number of carbonyl (C=O) groups is 2. The molecule has 7 rings (SSSR count). The van der Waals surface area contributed by atoms with Crippen LogP contribution in [0.25, 0.3) is 0 Å². The van der Waals surface area contributed by atoms with E-state index in [4.69, 9.17) is 30.5 Å². The third kappa shape index (κ3) is 2.01. The van der Waals surface area contributed by atoms with E-state index >= 15 is 0 Å². The molecule has 33 heavy (non-hydrogen) atoms. The molecule has 4 aliphatic carbocycles. The molecule has 0 radical (unpaired) electrons. The first-order valence-electron chi connectivity index (χ1n) is 11.4. The van der Waals surface area contributed by atoms with E-state index in [1.807, 2.05) is 6.07 Å². The molecule has 6 aliphatic rings. The van der Waals surface area contributed by atoms with E-state index in [-0.39, 0.29) is 6.04 Å². The van der Waals surface area contributed by atoms with Crippen LogP contribution in [0.1, 0.15) is 24.5 Å². The molecule has 7 nitrogen and oxygen atoms in total. The molecule has 4 bridgehead atoms. The summed E-state index contributed by atoms with van der Waals surface area (Å²) in [6.07, 6.45) is 3.54. The summed E-state index contributed by atoms with van der Waals surface area (Å²) in [5.41, 5.74) is 0.106. The van der Waals surface area contributed by atoms with Crippen molar-refractivity contribution in [1.29, 1.82) is 0 Å². The lowest BCUT2D eigenvalue weighted by molar-refractivity contribution is -0.227. The molecule has 2 aliphatic heterocycles. The zero-order chi connectivity index (χ0) is 23.5. The van der Waals surface area contributed by atoms with Crippen LogP contribution < -0.4 is 9.47 Å². The maximum absolute atomic E-state index is 13.6. The Labute approximate surface area is 197 Å². The number of rotatable bonds is 3. The van der Waals surface area contributed by atoms with Gasteiger partial charge in [-0.3, -0.25) is 9.59 Å². The van der Waals surface area contributed by atoms with Gasteiger partial charge in [0.25, 0.3) is 0 Å². The van der Waals surface area contributed by atoms with Crippen molar-refractivity contribution in [3.05, 3.63) is 34.4 Å².